The highest BCUT2D eigenvalue weighted by atomic mass is 16.5. The highest BCUT2D eigenvalue weighted by Crippen LogP contribution is 2.29. The van der Waals surface area contributed by atoms with E-state index in [9.17, 15) is 4.79 Å². The monoisotopic (exact) mass is 370 g/mol. The van der Waals surface area contributed by atoms with Crippen LogP contribution in [0.1, 0.15) is 68.1 Å². The molecular weight excluding hydrogens is 336 g/mol. The molecule has 27 heavy (non-hydrogen) atoms. The Bertz CT molecular complexity index is 621. The number of ether oxygens (including phenoxy) is 1. The molecule has 2 heterocycles. The summed E-state index contributed by atoms with van der Waals surface area (Å²) in [5, 5.41) is 0. The van der Waals surface area contributed by atoms with E-state index in [1.807, 2.05) is 29.2 Å². The Morgan fingerprint density at radius 3 is 2.52 bits per heavy atom. The molecule has 2 saturated heterocycles. The lowest BCUT2D eigenvalue weighted by molar-refractivity contribution is 0.0713. The van der Waals surface area contributed by atoms with Gasteiger partial charge in [0.2, 0.25) is 0 Å². The average molecular weight is 371 g/mol. The third-order valence-electron chi connectivity index (χ3n) is 6.63. The minimum atomic E-state index is 0.140. The van der Waals surface area contributed by atoms with Crippen LogP contribution < -0.4 is 4.74 Å². The van der Waals surface area contributed by atoms with Crippen LogP contribution in [0.15, 0.2) is 24.3 Å². The van der Waals surface area contributed by atoms with Crippen LogP contribution in [0.5, 0.6) is 5.75 Å². The average Bonchev–Trinajstić information content (AvgIpc) is 3.28. The van der Waals surface area contributed by atoms with E-state index < -0.39 is 0 Å². The first-order chi connectivity index (χ1) is 13.3. The van der Waals surface area contributed by atoms with E-state index in [1.54, 1.807) is 0 Å². The van der Waals surface area contributed by atoms with Crippen molar-refractivity contribution in [1.29, 1.82) is 0 Å². The number of amides is 1. The Morgan fingerprint density at radius 1 is 0.926 bits per heavy atom. The van der Waals surface area contributed by atoms with Crippen molar-refractivity contribution in [2.24, 2.45) is 5.92 Å². The van der Waals surface area contributed by atoms with Crippen molar-refractivity contribution in [3.8, 4) is 5.75 Å². The van der Waals surface area contributed by atoms with Gasteiger partial charge in [0.1, 0.15) is 5.75 Å². The van der Waals surface area contributed by atoms with Crippen molar-refractivity contribution in [3.05, 3.63) is 29.8 Å². The Hall–Kier alpha value is -1.55. The lowest BCUT2D eigenvalue weighted by Crippen LogP contribution is -2.43. The van der Waals surface area contributed by atoms with E-state index in [0.717, 1.165) is 56.4 Å². The van der Waals surface area contributed by atoms with Crippen LogP contribution in [0, 0.1) is 5.92 Å². The second-order valence-corrected chi connectivity index (χ2v) is 8.60. The molecule has 1 unspecified atom stereocenters. The van der Waals surface area contributed by atoms with Crippen molar-refractivity contribution in [3.63, 3.8) is 0 Å². The van der Waals surface area contributed by atoms with Gasteiger partial charge in [-0.2, -0.15) is 0 Å². The van der Waals surface area contributed by atoms with Crippen LogP contribution >= 0.6 is 0 Å². The molecule has 4 rings (SSSR count). The van der Waals surface area contributed by atoms with Gasteiger partial charge in [-0.1, -0.05) is 25.0 Å². The molecule has 4 nitrogen and oxygen atoms in total. The van der Waals surface area contributed by atoms with Gasteiger partial charge in [0.05, 0.1) is 12.2 Å². The van der Waals surface area contributed by atoms with Crippen LogP contribution in [0.2, 0.25) is 0 Å². The summed E-state index contributed by atoms with van der Waals surface area (Å²) in [6.07, 6.45) is 11.5. The number of carbonyl (C=O) groups is 1. The molecule has 0 aromatic heterocycles. The molecule has 2 aliphatic heterocycles. The lowest BCUT2D eigenvalue weighted by atomic mass is 9.97. The first-order valence-corrected chi connectivity index (χ1v) is 11.1. The topological polar surface area (TPSA) is 32.8 Å². The molecule has 1 amide bonds. The summed E-state index contributed by atoms with van der Waals surface area (Å²) in [7, 11) is 0. The second-order valence-electron chi connectivity index (χ2n) is 8.60. The van der Waals surface area contributed by atoms with E-state index in [0.29, 0.717) is 5.92 Å². The number of hydrogen-bond donors (Lipinski definition) is 0. The quantitative estimate of drug-likeness (QED) is 0.773. The van der Waals surface area contributed by atoms with E-state index in [2.05, 4.69) is 4.90 Å². The predicted molar refractivity (Wildman–Crippen MR) is 108 cm³/mol. The number of carbonyl (C=O) groups excluding carboxylic acids is 1. The molecule has 0 bridgehead atoms. The van der Waals surface area contributed by atoms with Gasteiger partial charge in [-0.25, -0.2) is 0 Å². The van der Waals surface area contributed by atoms with Crippen LogP contribution in [0.4, 0.5) is 0 Å². The molecule has 1 aromatic rings. The largest absolute Gasteiger partial charge is 0.492 e. The van der Waals surface area contributed by atoms with E-state index in [4.69, 9.17) is 4.74 Å². The number of hydrogen-bond acceptors (Lipinski definition) is 3. The first-order valence-electron chi connectivity index (χ1n) is 11.1. The van der Waals surface area contributed by atoms with Gasteiger partial charge in [0.25, 0.3) is 5.91 Å². The van der Waals surface area contributed by atoms with Crippen molar-refractivity contribution in [2.45, 2.75) is 63.8 Å². The molecule has 1 atom stereocenters. The summed E-state index contributed by atoms with van der Waals surface area (Å²) in [4.78, 5) is 17.6. The number of likely N-dealkylation sites (tertiary alicyclic amines) is 2. The standard InChI is InChI=1S/C23H34N2O2/c26-23(24-14-6-1-7-15-24)21-12-4-5-13-22(21)27-18-19-9-8-16-25(17-19)20-10-2-3-11-20/h4-5,12-13,19-20H,1-3,6-11,14-18H2. The van der Waals surface area contributed by atoms with Gasteiger partial charge in [-0.3, -0.25) is 9.69 Å². The summed E-state index contributed by atoms with van der Waals surface area (Å²) in [6, 6.07) is 8.63. The molecule has 3 fully saturated rings. The fraction of sp³-hybridized carbons (Fsp3) is 0.696. The Kier molecular flexibility index (Phi) is 6.33. The molecule has 1 aliphatic carbocycles. The van der Waals surface area contributed by atoms with Crippen molar-refractivity contribution >= 4 is 5.91 Å². The zero-order valence-corrected chi connectivity index (χ0v) is 16.6. The molecule has 4 heteroatoms. The fourth-order valence-corrected chi connectivity index (χ4v) is 5.08. The van der Waals surface area contributed by atoms with Crippen LogP contribution in [-0.4, -0.2) is 54.5 Å². The number of piperidine rings is 2. The van der Waals surface area contributed by atoms with Gasteiger partial charge in [0.15, 0.2) is 0 Å². The van der Waals surface area contributed by atoms with Gasteiger partial charge < -0.3 is 9.64 Å². The Labute approximate surface area is 163 Å². The molecule has 3 aliphatic rings. The minimum absolute atomic E-state index is 0.140. The predicted octanol–water partition coefficient (Wildman–Crippen LogP) is 4.35. The first kappa shape index (κ1) is 18.8. The SMILES string of the molecule is O=C(c1ccccc1OCC1CCCN(C2CCCC2)C1)N1CCCCC1. The highest BCUT2D eigenvalue weighted by Gasteiger charge is 2.28. The molecule has 0 spiro atoms. The number of para-hydroxylation sites is 1. The fourth-order valence-electron chi connectivity index (χ4n) is 5.08. The number of benzene rings is 1. The summed E-state index contributed by atoms with van der Waals surface area (Å²) < 4.78 is 6.23. The maximum absolute atomic E-state index is 12.9. The number of rotatable bonds is 5. The maximum atomic E-state index is 12.9. The Balaban J connectivity index is 1.36. The minimum Gasteiger partial charge on any atom is -0.492 e. The van der Waals surface area contributed by atoms with Crippen molar-refractivity contribution in [2.75, 3.05) is 32.8 Å². The summed E-state index contributed by atoms with van der Waals surface area (Å²) in [5.74, 6) is 1.49. The lowest BCUT2D eigenvalue weighted by Gasteiger charge is -2.36. The van der Waals surface area contributed by atoms with Crippen LogP contribution in [0.3, 0.4) is 0 Å². The van der Waals surface area contributed by atoms with Crippen LogP contribution in [0.25, 0.3) is 0 Å². The van der Waals surface area contributed by atoms with Crippen LogP contribution in [-0.2, 0) is 0 Å². The van der Waals surface area contributed by atoms with E-state index in [1.165, 1.54) is 51.5 Å². The molecule has 0 radical (unpaired) electrons. The smallest absolute Gasteiger partial charge is 0.257 e. The third kappa shape index (κ3) is 4.66. The normalized spacial score (nSPS) is 24.9. The van der Waals surface area contributed by atoms with Crippen molar-refractivity contribution < 1.29 is 9.53 Å². The Morgan fingerprint density at radius 2 is 1.70 bits per heavy atom. The van der Waals surface area contributed by atoms with Gasteiger partial charge in [-0.05, 0) is 63.6 Å². The highest BCUT2D eigenvalue weighted by molar-refractivity contribution is 5.97. The summed E-state index contributed by atoms with van der Waals surface area (Å²) in [6.45, 7) is 4.91. The third-order valence-corrected chi connectivity index (χ3v) is 6.63. The number of nitrogens with zero attached hydrogens (tertiary/aromatic N) is 2. The summed E-state index contributed by atoms with van der Waals surface area (Å²) >= 11 is 0. The molecular formula is C23H34N2O2. The van der Waals surface area contributed by atoms with Gasteiger partial charge in [-0.15, -0.1) is 0 Å². The molecule has 1 saturated carbocycles. The molecule has 1 aromatic carbocycles. The molecule has 148 valence electrons. The van der Waals surface area contributed by atoms with Gasteiger partial charge in [0, 0.05) is 31.6 Å². The zero-order chi connectivity index (χ0) is 18.5. The van der Waals surface area contributed by atoms with Crippen molar-refractivity contribution in [1.82, 2.24) is 9.80 Å². The van der Waals surface area contributed by atoms with E-state index >= 15 is 0 Å². The van der Waals surface area contributed by atoms with E-state index in [-0.39, 0.29) is 5.91 Å². The summed E-state index contributed by atoms with van der Waals surface area (Å²) in [5.41, 5.74) is 0.739. The molecule has 0 N–H and O–H groups in total. The second kappa shape index (κ2) is 9.09. The maximum Gasteiger partial charge on any atom is 0.257 e. The van der Waals surface area contributed by atoms with Gasteiger partial charge >= 0.3 is 0 Å². The zero-order valence-electron chi connectivity index (χ0n) is 16.6.